The molecule has 1 N–H and O–H groups in total. The summed E-state index contributed by atoms with van der Waals surface area (Å²) in [6, 6.07) is 4.78. The third-order valence-electron chi connectivity index (χ3n) is 3.38. The van der Waals surface area contributed by atoms with Crippen molar-refractivity contribution in [2.24, 2.45) is 0 Å². The third-order valence-corrected chi connectivity index (χ3v) is 5.05. The summed E-state index contributed by atoms with van der Waals surface area (Å²) < 4.78 is 2.00. The molecule has 0 spiro atoms. The van der Waals surface area contributed by atoms with Gasteiger partial charge in [0.2, 0.25) is 5.43 Å². The predicted molar refractivity (Wildman–Crippen MR) is 91.2 cm³/mol. The van der Waals surface area contributed by atoms with Gasteiger partial charge in [0.25, 0.3) is 0 Å². The van der Waals surface area contributed by atoms with E-state index in [-0.39, 0.29) is 10.0 Å². The smallest absolute Gasteiger partial charge is 0.341 e. The summed E-state index contributed by atoms with van der Waals surface area (Å²) in [6.45, 7) is 4.12. The van der Waals surface area contributed by atoms with E-state index in [1.165, 1.54) is 0 Å². The van der Waals surface area contributed by atoms with Crippen LogP contribution >= 0.6 is 39.1 Å². The minimum atomic E-state index is -1.28. The Labute approximate surface area is 145 Å². The van der Waals surface area contributed by atoms with Gasteiger partial charge in [0.15, 0.2) is 0 Å². The van der Waals surface area contributed by atoms with Crippen molar-refractivity contribution in [3.05, 3.63) is 54.2 Å². The summed E-state index contributed by atoms with van der Waals surface area (Å²) >= 11 is 15.1. The zero-order valence-corrected chi connectivity index (χ0v) is 14.9. The van der Waals surface area contributed by atoms with Crippen LogP contribution in [0.1, 0.15) is 23.0 Å². The summed E-state index contributed by atoms with van der Waals surface area (Å²) in [5.41, 5.74) is 0.646. The maximum atomic E-state index is 12.3. The van der Waals surface area contributed by atoms with E-state index in [0.717, 1.165) is 0 Å². The van der Waals surface area contributed by atoms with Crippen molar-refractivity contribution < 1.29 is 9.90 Å². The van der Waals surface area contributed by atoms with Gasteiger partial charge >= 0.3 is 5.97 Å². The molecule has 0 aliphatic rings. The molecule has 1 heterocycles. The molecule has 2 aromatic rings. The Morgan fingerprint density at radius 1 is 1.32 bits per heavy atom. The molecule has 0 fully saturated rings. The Bertz CT molecular complexity index is 831. The average Bonchev–Trinajstić information content (AvgIpc) is 2.47. The van der Waals surface area contributed by atoms with Gasteiger partial charge in [-0.3, -0.25) is 4.79 Å². The average molecular weight is 405 g/mol. The number of carboxylic acid groups (broad SMARTS) is 1. The minimum Gasteiger partial charge on any atom is -0.477 e. The highest BCUT2D eigenvalue weighted by Gasteiger charge is 2.24. The fourth-order valence-electron chi connectivity index (χ4n) is 2.34. The fraction of sp³-hybridized carbons (Fsp3) is 0.200. The Morgan fingerprint density at radius 2 is 1.95 bits per heavy atom. The number of rotatable bonds is 3. The van der Waals surface area contributed by atoms with Gasteiger partial charge < -0.3 is 9.67 Å². The number of hydrogen-bond acceptors (Lipinski definition) is 2. The molecular formula is C15H12BrCl2NO3. The molecule has 0 aliphatic carbocycles. The molecule has 7 heteroatoms. The summed E-state index contributed by atoms with van der Waals surface area (Å²) in [4.78, 5) is 24.0. The molecule has 0 unspecified atom stereocenters. The van der Waals surface area contributed by atoms with Crippen LogP contribution in [0.4, 0.5) is 0 Å². The van der Waals surface area contributed by atoms with E-state index in [1.807, 2.05) is 6.92 Å². The fourth-order valence-corrected chi connectivity index (χ4v) is 3.05. The molecule has 0 amide bonds. The molecular weight excluding hydrogens is 393 g/mol. The van der Waals surface area contributed by atoms with Crippen molar-refractivity contribution in [1.29, 1.82) is 0 Å². The number of pyridine rings is 1. The third kappa shape index (κ3) is 2.81. The normalized spacial score (nSPS) is 10.8. The molecule has 0 saturated carbocycles. The molecule has 4 nitrogen and oxygen atoms in total. The quantitative estimate of drug-likeness (QED) is 0.812. The zero-order chi connectivity index (χ0) is 16.6. The minimum absolute atomic E-state index is 0.246. The lowest BCUT2D eigenvalue weighted by Gasteiger charge is -2.19. The number of benzene rings is 1. The van der Waals surface area contributed by atoms with E-state index in [2.05, 4.69) is 15.9 Å². The van der Waals surface area contributed by atoms with Gasteiger partial charge in [-0.25, -0.2) is 4.79 Å². The van der Waals surface area contributed by atoms with Gasteiger partial charge in [-0.2, -0.15) is 0 Å². The van der Waals surface area contributed by atoms with Crippen LogP contribution in [0, 0.1) is 6.92 Å². The maximum Gasteiger partial charge on any atom is 0.341 e. The molecule has 0 aliphatic heterocycles. The van der Waals surface area contributed by atoms with Gasteiger partial charge in [0.1, 0.15) is 5.56 Å². The molecule has 0 saturated heterocycles. The Balaban J connectivity index is 2.97. The number of aromatic carboxylic acids is 1. The highest BCUT2D eigenvalue weighted by Crippen LogP contribution is 2.31. The summed E-state index contributed by atoms with van der Waals surface area (Å²) in [7, 11) is 0. The van der Waals surface area contributed by atoms with Crippen LogP contribution in [0.2, 0.25) is 10.0 Å². The highest BCUT2D eigenvalue weighted by atomic mass is 79.9. The van der Waals surface area contributed by atoms with E-state index in [4.69, 9.17) is 23.2 Å². The molecule has 2 rings (SSSR count). The second-order valence-corrected chi connectivity index (χ2v) is 6.24. The van der Waals surface area contributed by atoms with Crippen molar-refractivity contribution in [2.75, 3.05) is 0 Å². The van der Waals surface area contributed by atoms with Gasteiger partial charge in [-0.15, -0.1) is 0 Å². The number of carbonyl (C=O) groups is 1. The number of carboxylic acids is 1. The van der Waals surface area contributed by atoms with Gasteiger partial charge in [0.05, 0.1) is 20.2 Å². The topological polar surface area (TPSA) is 59.3 Å². The van der Waals surface area contributed by atoms with Crippen LogP contribution in [0.5, 0.6) is 0 Å². The van der Waals surface area contributed by atoms with E-state index in [9.17, 15) is 14.7 Å². The molecule has 1 aromatic carbocycles. The Kier molecular flexibility index (Phi) is 5.00. The van der Waals surface area contributed by atoms with Gasteiger partial charge in [-0.1, -0.05) is 29.3 Å². The summed E-state index contributed by atoms with van der Waals surface area (Å²) in [6.07, 6.45) is 0. The standard InChI is InChI=1S/C15H12BrCl2NO3/c1-3-19-7(2)12(16)14(20)11(15(21)22)13(19)8-4-5-9(17)10(18)6-8/h4-6H,3H2,1-2H3,(H,21,22). The first kappa shape index (κ1) is 17.1. The van der Waals surface area contributed by atoms with Crippen molar-refractivity contribution in [3.63, 3.8) is 0 Å². The van der Waals surface area contributed by atoms with Crippen LogP contribution in [0.3, 0.4) is 0 Å². The number of hydrogen-bond donors (Lipinski definition) is 1. The number of nitrogens with zero attached hydrogens (tertiary/aromatic N) is 1. The van der Waals surface area contributed by atoms with E-state index >= 15 is 0 Å². The van der Waals surface area contributed by atoms with Crippen LogP contribution in [0.25, 0.3) is 11.3 Å². The zero-order valence-electron chi connectivity index (χ0n) is 11.8. The summed E-state index contributed by atoms with van der Waals surface area (Å²) in [5.74, 6) is -1.28. The maximum absolute atomic E-state index is 12.3. The first-order valence-corrected chi connectivity index (χ1v) is 7.96. The van der Waals surface area contributed by atoms with Crippen LogP contribution in [0.15, 0.2) is 27.5 Å². The van der Waals surface area contributed by atoms with Crippen molar-refractivity contribution in [1.82, 2.24) is 4.57 Å². The molecule has 116 valence electrons. The number of halogens is 3. The van der Waals surface area contributed by atoms with E-state index in [0.29, 0.717) is 33.5 Å². The van der Waals surface area contributed by atoms with Crippen LogP contribution < -0.4 is 5.43 Å². The largest absolute Gasteiger partial charge is 0.477 e. The Morgan fingerprint density at radius 3 is 2.45 bits per heavy atom. The van der Waals surface area contributed by atoms with Gasteiger partial charge in [0, 0.05) is 17.8 Å². The second kappa shape index (κ2) is 6.44. The predicted octanol–water partition coefficient (Wildman–Crippen LogP) is 4.61. The molecule has 0 radical (unpaired) electrons. The SMILES string of the molecule is CCn1c(C)c(Br)c(=O)c(C(=O)O)c1-c1ccc(Cl)c(Cl)c1. The van der Waals surface area contributed by atoms with Gasteiger partial charge in [-0.05, 0) is 41.9 Å². The van der Waals surface area contributed by atoms with Crippen molar-refractivity contribution in [3.8, 4) is 11.3 Å². The lowest BCUT2D eigenvalue weighted by Crippen LogP contribution is -2.24. The van der Waals surface area contributed by atoms with E-state index < -0.39 is 11.4 Å². The summed E-state index contributed by atoms with van der Waals surface area (Å²) in [5, 5.41) is 10.1. The van der Waals surface area contributed by atoms with Crippen molar-refractivity contribution >= 4 is 45.1 Å². The molecule has 0 atom stereocenters. The van der Waals surface area contributed by atoms with Crippen LogP contribution in [-0.4, -0.2) is 15.6 Å². The highest BCUT2D eigenvalue weighted by molar-refractivity contribution is 9.10. The lowest BCUT2D eigenvalue weighted by molar-refractivity contribution is 0.0695. The number of aromatic nitrogens is 1. The van der Waals surface area contributed by atoms with E-state index in [1.54, 1.807) is 29.7 Å². The molecule has 22 heavy (non-hydrogen) atoms. The molecule has 0 bridgehead atoms. The Hall–Kier alpha value is -1.30. The first-order chi connectivity index (χ1) is 10.3. The molecule has 1 aromatic heterocycles. The first-order valence-electron chi connectivity index (χ1n) is 6.41. The lowest BCUT2D eigenvalue weighted by atomic mass is 10.0. The monoisotopic (exact) mass is 403 g/mol. The second-order valence-electron chi connectivity index (χ2n) is 4.63. The van der Waals surface area contributed by atoms with Crippen molar-refractivity contribution in [2.45, 2.75) is 20.4 Å². The van der Waals surface area contributed by atoms with Crippen LogP contribution in [-0.2, 0) is 6.54 Å².